The highest BCUT2D eigenvalue weighted by atomic mass is 19.4. The number of halogens is 3. The maximum Gasteiger partial charge on any atom is 0.416 e. The number of nitrogens with one attached hydrogen (secondary N) is 1. The molecule has 0 bridgehead atoms. The highest BCUT2D eigenvalue weighted by molar-refractivity contribution is 6.08. The Bertz CT molecular complexity index is 1140. The minimum Gasteiger partial charge on any atom is -0.508 e. The van der Waals surface area contributed by atoms with Crippen LogP contribution in [0.5, 0.6) is 5.75 Å². The lowest BCUT2D eigenvalue weighted by Gasteiger charge is -2.27. The number of pyridine rings is 1. The number of amidine groups is 1. The van der Waals surface area contributed by atoms with Gasteiger partial charge in [-0.05, 0) is 67.0 Å². The Kier molecular flexibility index (Phi) is 5.54. The number of phenols is 1. The normalized spacial score (nSPS) is 19.0. The molecular formula is C24H23F3N4O. The van der Waals surface area contributed by atoms with Crippen LogP contribution in [-0.2, 0) is 6.18 Å². The van der Waals surface area contributed by atoms with E-state index in [0.29, 0.717) is 17.3 Å². The molecule has 2 N–H and O–H groups in total. The molecule has 32 heavy (non-hydrogen) atoms. The summed E-state index contributed by atoms with van der Waals surface area (Å²) in [4.78, 5) is 10.8. The van der Waals surface area contributed by atoms with Gasteiger partial charge < -0.3 is 15.3 Å². The summed E-state index contributed by atoms with van der Waals surface area (Å²) in [5.41, 5.74) is 2.66. The predicted octanol–water partition coefficient (Wildman–Crippen LogP) is 5.05. The maximum atomic E-state index is 13.2. The summed E-state index contributed by atoms with van der Waals surface area (Å²) in [7, 11) is 0. The summed E-state index contributed by atoms with van der Waals surface area (Å²) >= 11 is 0. The van der Waals surface area contributed by atoms with Crippen molar-refractivity contribution < 1.29 is 18.3 Å². The summed E-state index contributed by atoms with van der Waals surface area (Å²) in [6.45, 7) is 8.61. The average Bonchev–Trinajstić information content (AvgIpc) is 3.12. The van der Waals surface area contributed by atoms with Crippen LogP contribution >= 0.6 is 0 Å². The van der Waals surface area contributed by atoms with Crippen LogP contribution in [0.2, 0.25) is 0 Å². The molecule has 2 atom stereocenters. The van der Waals surface area contributed by atoms with Gasteiger partial charge in [-0.25, -0.2) is 0 Å². The predicted molar refractivity (Wildman–Crippen MR) is 118 cm³/mol. The Morgan fingerprint density at radius 3 is 2.66 bits per heavy atom. The van der Waals surface area contributed by atoms with Gasteiger partial charge in [-0.15, -0.1) is 0 Å². The Hall–Kier alpha value is -3.55. The van der Waals surface area contributed by atoms with E-state index in [1.807, 2.05) is 31.3 Å². The van der Waals surface area contributed by atoms with Crippen molar-refractivity contribution in [3.63, 3.8) is 0 Å². The SMILES string of the molecule is C=C(N[C@H](C)c1cc(O)cc(C(F)(F)F)c1)C1=CC(c2ccncc2)=CN2C[C@@H](C)N=C12. The first-order valence-corrected chi connectivity index (χ1v) is 10.2. The second-order valence-electron chi connectivity index (χ2n) is 7.99. The number of alkyl halides is 3. The molecule has 0 aliphatic carbocycles. The van der Waals surface area contributed by atoms with Crippen molar-refractivity contribution in [1.82, 2.24) is 15.2 Å². The van der Waals surface area contributed by atoms with E-state index in [4.69, 9.17) is 4.99 Å². The van der Waals surface area contributed by atoms with Crippen LogP contribution in [0.25, 0.3) is 5.57 Å². The lowest BCUT2D eigenvalue weighted by atomic mass is 9.98. The second kappa shape index (κ2) is 8.18. The van der Waals surface area contributed by atoms with Gasteiger partial charge in [-0.2, -0.15) is 13.2 Å². The van der Waals surface area contributed by atoms with Crippen molar-refractivity contribution in [2.75, 3.05) is 6.54 Å². The number of allylic oxidation sites excluding steroid dienone is 2. The number of phenolic OH excluding ortho intramolecular Hbond substituents is 1. The molecule has 2 aliphatic heterocycles. The van der Waals surface area contributed by atoms with Gasteiger partial charge in [0.15, 0.2) is 0 Å². The van der Waals surface area contributed by atoms with Gasteiger partial charge >= 0.3 is 6.18 Å². The van der Waals surface area contributed by atoms with Gasteiger partial charge in [-0.3, -0.25) is 9.98 Å². The van der Waals surface area contributed by atoms with E-state index in [1.54, 1.807) is 19.3 Å². The molecular weight excluding hydrogens is 417 g/mol. The standard InChI is InChI=1S/C24H23F3N4O/c1-14-12-31-13-19(17-4-6-28-7-5-17)10-22(23(31)29-14)16(3)30-15(2)18-8-20(24(25,26)27)11-21(32)9-18/h4-11,13-15,30,32H,3,12H2,1-2H3/t14-,15-/m1/s1. The molecule has 4 rings (SSSR count). The third kappa shape index (κ3) is 4.39. The molecule has 0 saturated heterocycles. The Morgan fingerprint density at radius 1 is 1.25 bits per heavy atom. The van der Waals surface area contributed by atoms with Crippen LogP contribution in [0.1, 0.15) is 36.6 Å². The largest absolute Gasteiger partial charge is 0.508 e. The van der Waals surface area contributed by atoms with Gasteiger partial charge in [0.2, 0.25) is 0 Å². The number of aliphatic imine (C=N–C) groups is 1. The minimum atomic E-state index is -4.55. The van der Waals surface area contributed by atoms with E-state index in [2.05, 4.69) is 21.8 Å². The van der Waals surface area contributed by atoms with E-state index >= 15 is 0 Å². The molecule has 1 aromatic heterocycles. The molecule has 2 aromatic rings. The molecule has 8 heteroatoms. The third-order valence-corrected chi connectivity index (χ3v) is 5.41. The Balaban J connectivity index is 1.63. The van der Waals surface area contributed by atoms with Crippen molar-refractivity contribution in [1.29, 1.82) is 0 Å². The monoisotopic (exact) mass is 440 g/mol. The summed E-state index contributed by atoms with van der Waals surface area (Å²) in [6, 6.07) is 6.46. The zero-order chi connectivity index (χ0) is 23.0. The lowest BCUT2D eigenvalue weighted by Crippen LogP contribution is -2.31. The number of fused-ring (bicyclic) bond motifs is 1. The van der Waals surface area contributed by atoms with Gasteiger partial charge in [0.05, 0.1) is 11.6 Å². The molecule has 0 saturated carbocycles. The van der Waals surface area contributed by atoms with Gasteiger partial charge in [0.25, 0.3) is 0 Å². The minimum absolute atomic E-state index is 0.104. The fourth-order valence-electron chi connectivity index (χ4n) is 3.85. The van der Waals surface area contributed by atoms with Crippen LogP contribution in [0, 0.1) is 0 Å². The van der Waals surface area contributed by atoms with E-state index in [-0.39, 0.29) is 6.04 Å². The zero-order valence-corrected chi connectivity index (χ0v) is 17.7. The maximum absolute atomic E-state index is 13.2. The van der Waals surface area contributed by atoms with Crippen LogP contribution in [0.3, 0.4) is 0 Å². The van der Waals surface area contributed by atoms with Crippen LogP contribution in [0.15, 0.2) is 77.8 Å². The first kappa shape index (κ1) is 21.7. The highest BCUT2D eigenvalue weighted by Gasteiger charge is 2.32. The topological polar surface area (TPSA) is 60.8 Å². The van der Waals surface area contributed by atoms with Gasteiger partial charge in [-0.1, -0.05) is 6.58 Å². The van der Waals surface area contributed by atoms with Gasteiger partial charge in [0, 0.05) is 42.5 Å². The summed E-state index contributed by atoms with van der Waals surface area (Å²) < 4.78 is 39.5. The molecule has 0 spiro atoms. The molecule has 0 amide bonds. The first-order chi connectivity index (χ1) is 15.1. The quantitative estimate of drug-likeness (QED) is 0.683. The molecule has 2 aliphatic rings. The smallest absolute Gasteiger partial charge is 0.416 e. The molecule has 5 nitrogen and oxygen atoms in total. The Labute approximate surface area is 184 Å². The van der Waals surface area contributed by atoms with Crippen LogP contribution in [0.4, 0.5) is 13.2 Å². The van der Waals surface area contributed by atoms with Crippen molar-refractivity contribution >= 4 is 11.4 Å². The number of rotatable bonds is 5. The van der Waals surface area contributed by atoms with Gasteiger partial charge in [0.1, 0.15) is 11.6 Å². The molecule has 0 radical (unpaired) electrons. The van der Waals surface area contributed by atoms with Crippen LogP contribution in [-0.4, -0.2) is 33.4 Å². The number of hydrogen-bond donors (Lipinski definition) is 2. The number of hydrogen-bond acceptors (Lipinski definition) is 5. The third-order valence-electron chi connectivity index (χ3n) is 5.41. The zero-order valence-electron chi connectivity index (χ0n) is 17.7. The number of nitrogens with zero attached hydrogens (tertiary/aromatic N) is 3. The van der Waals surface area contributed by atoms with Crippen LogP contribution < -0.4 is 5.32 Å². The summed E-state index contributed by atoms with van der Waals surface area (Å²) in [6.07, 6.45) is 2.89. The number of benzene rings is 1. The molecule has 0 unspecified atom stereocenters. The fraction of sp³-hybridized carbons (Fsp3) is 0.250. The highest BCUT2D eigenvalue weighted by Crippen LogP contribution is 2.35. The number of aromatic nitrogens is 1. The summed E-state index contributed by atoms with van der Waals surface area (Å²) in [5, 5.41) is 13.0. The first-order valence-electron chi connectivity index (χ1n) is 10.2. The lowest BCUT2D eigenvalue weighted by molar-refractivity contribution is -0.137. The van der Waals surface area contributed by atoms with Crippen molar-refractivity contribution in [2.24, 2.45) is 4.99 Å². The van der Waals surface area contributed by atoms with Crippen molar-refractivity contribution in [3.8, 4) is 5.75 Å². The second-order valence-corrected chi connectivity index (χ2v) is 7.99. The Morgan fingerprint density at radius 2 is 1.97 bits per heavy atom. The molecule has 3 heterocycles. The number of aromatic hydroxyl groups is 1. The van der Waals surface area contributed by atoms with E-state index in [1.165, 1.54) is 6.07 Å². The van der Waals surface area contributed by atoms with E-state index < -0.39 is 23.5 Å². The van der Waals surface area contributed by atoms with Crippen molar-refractivity contribution in [3.05, 3.63) is 89.5 Å². The molecule has 0 fully saturated rings. The van der Waals surface area contributed by atoms with E-state index in [9.17, 15) is 18.3 Å². The summed E-state index contributed by atoms with van der Waals surface area (Å²) in [5.74, 6) is 0.334. The molecule has 1 aromatic carbocycles. The van der Waals surface area contributed by atoms with Crippen molar-refractivity contribution in [2.45, 2.75) is 32.1 Å². The van der Waals surface area contributed by atoms with E-state index in [0.717, 1.165) is 35.2 Å². The fourth-order valence-corrected chi connectivity index (χ4v) is 3.85. The molecule has 166 valence electrons. The average molecular weight is 440 g/mol.